The van der Waals surface area contributed by atoms with Crippen molar-refractivity contribution in [3.8, 4) is 11.5 Å². The monoisotopic (exact) mass is 509 g/mol. The van der Waals surface area contributed by atoms with Crippen LogP contribution in [-0.2, 0) is 25.4 Å². The van der Waals surface area contributed by atoms with Gasteiger partial charge in [0.15, 0.2) is 11.5 Å². The predicted octanol–water partition coefficient (Wildman–Crippen LogP) is 1.61. The van der Waals surface area contributed by atoms with E-state index in [-0.39, 0.29) is 18.5 Å². The molecule has 2 aliphatic heterocycles. The van der Waals surface area contributed by atoms with Gasteiger partial charge in [0.05, 0.1) is 39.6 Å². The Morgan fingerprint density at radius 3 is 2.53 bits per heavy atom. The SMILES string of the molecule is C=CC(=O)NCCOCCOCCOCCNC[C@H]1C[C@H](Cc2c(F)ccc3c2OCO3)CN(C)C1. The minimum atomic E-state index is -0.218. The van der Waals surface area contributed by atoms with Crippen LogP contribution in [0.2, 0.25) is 0 Å². The minimum absolute atomic E-state index is 0.157. The molecule has 0 aromatic heterocycles. The van der Waals surface area contributed by atoms with Crippen molar-refractivity contribution < 1.29 is 32.9 Å². The number of hydrogen-bond acceptors (Lipinski definition) is 8. The highest BCUT2D eigenvalue weighted by Gasteiger charge is 2.29. The maximum atomic E-state index is 14.5. The first-order valence-electron chi connectivity index (χ1n) is 12.7. The van der Waals surface area contributed by atoms with Gasteiger partial charge in [0, 0.05) is 31.7 Å². The van der Waals surface area contributed by atoms with Crippen molar-refractivity contribution in [2.75, 3.05) is 86.2 Å². The molecule has 36 heavy (non-hydrogen) atoms. The Kier molecular flexibility index (Phi) is 12.4. The fraction of sp³-hybridized carbons (Fsp3) is 0.654. The van der Waals surface area contributed by atoms with E-state index in [9.17, 15) is 9.18 Å². The Morgan fingerprint density at radius 1 is 1.08 bits per heavy atom. The number of piperidine rings is 1. The summed E-state index contributed by atoms with van der Waals surface area (Å²) in [7, 11) is 2.12. The maximum Gasteiger partial charge on any atom is 0.243 e. The average Bonchev–Trinajstić information content (AvgIpc) is 3.34. The van der Waals surface area contributed by atoms with Crippen molar-refractivity contribution >= 4 is 5.91 Å². The Bertz CT molecular complexity index is 827. The molecule has 2 aliphatic rings. The molecule has 2 heterocycles. The van der Waals surface area contributed by atoms with Gasteiger partial charge in [-0.25, -0.2) is 4.39 Å². The molecule has 2 atom stereocenters. The van der Waals surface area contributed by atoms with Crippen molar-refractivity contribution in [1.82, 2.24) is 15.5 Å². The molecule has 9 nitrogen and oxygen atoms in total. The van der Waals surface area contributed by atoms with Crippen molar-refractivity contribution in [3.63, 3.8) is 0 Å². The number of nitrogens with zero attached hydrogens (tertiary/aromatic N) is 1. The molecular weight excluding hydrogens is 469 g/mol. The number of benzene rings is 1. The number of carbonyl (C=O) groups excluding carboxylic acids is 1. The predicted molar refractivity (Wildman–Crippen MR) is 134 cm³/mol. The number of rotatable bonds is 17. The van der Waals surface area contributed by atoms with Crippen LogP contribution < -0.4 is 20.1 Å². The van der Waals surface area contributed by atoms with Crippen molar-refractivity contribution in [2.24, 2.45) is 11.8 Å². The van der Waals surface area contributed by atoms with E-state index in [0.29, 0.717) is 81.5 Å². The Balaban J connectivity index is 1.20. The van der Waals surface area contributed by atoms with Crippen LogP contribution in [0.15, 0.2) is 24.8 Å². The number of hydrogen-bond donors (Lipinski definition) is 2. The summed E-state index contributed by atoms with van der Waals surface area (Å²) >= 11 is 0. The van der Waals surface area contributed by atoms with Gasteiger partial charge in [0.2, 0.25) is 12.7 Å². The number of nitrogens with one attached hydrogen (secondary N) is 2. The van der Waals surface area contributed by atoms with Crippen LogP contribution in [0.3, 0.4) is 0 Å². The standard InChI is InChI=1S/C26H40FN3O6/c1-3-25(31)29-7-9-33-11-13-34-12-10-32-8-6-28-16-21-14-20(17-30(2)18-21)15-22-23(27)4-5-24-26(22)36-19-35-24/h3-5,20-21,28H,1,6-19H2,2H3,(H,29,31)/t20-,21-/m1/s1. The van der Waals surface area contributed by atoms with Crippen LogP contribution in [0.4, 0.5) is 4.39 Å². The summed E-state index contributed by atoms with van der Waals surface area (Å²) < 4.78 is 41.9. The molecular formula is C26H40FN3O6. The van der Waals surface area contributed by atoms with Crippen LogP contribution in [0.1, 0.15) is 12.0 Å². The molecule has 202 valence electrons. The maximum absolute atomic E-state index is 14.5. The summed E-state index contributed by atoms with van der Waals surface area (Å²) in [5, 5.41) is 6.13. The minimum Gasteiger partial charge on any atom is -0.454 e. The van der Waals surface area contributed by atoms with E-state index in [2.05, 4.69) is 29.2 Å². The molecule has 3 rings (SSSR count). The van der Waals surface area contributed by atoms with Crippen LogP contribution >= 0.6 is 0 Å². The zero-order valence-electron chi connectivity index (χ0n) is 21.3. The second-order valence-corrected chi connectivity index (χ2v) is 9.19. The lowest BCUT2D eigenvalue weighted by Crippen LogP contribution is -2.42. The smallest absolute Gasteiger partial charge is 0.243 e. The summed E-state index contributed by atoms with van der Waals surface area (Å²) in [6.07, 6.45) is 2.92. The third-order valence-corrected chi connectivity index (χ3v) is 6.22. The average molecular weight is 510 g/mol. The van der Waals surface area contributed by atoms with E-state index < -0.39 is 0 Å². The van der Waals surface area contributed by atoms with E-state index in [1.54, 1.807) is 6.07 Å². The second-order valence-electron chi connectivity index (χ2n) is 9.19. The lowest BCUT2D eigenvalue weighted by Gasteiger charge is -2.36. The topological polar surface area (TPSA) is 90.5 Å². The Morgan fingerprint density at radius 2 is 1.78 bits per heavy atom. The first kappa shape index (κ1) is 28.3. The van der Waals surface area contributed by atoms with E-state index >= 15 is 0 Å². The van der Waals surface area contributed by atoms with Gasteiger partial charge in [-0.05, 0) is 56.5 Å². The van der Waals surface area contributed by atoms with E-state index in [0.717, 1.165) is 32.6 Å². The van der Waals surface area contributed by atoms with Crippen LogP contribution in [0.25, 0.3) is 0 Å². The zero-order chi connectivity index (χ0) is 25.6. The van der Waals surface area contributed by atoms with Crippen molar-refractivity contribution in [1.29, 1.82) is 0 Å². The zero-order valence-corrected chi connectivity index (χ0v) is 21.3. The molecule has 0 bridgehead atoms. The summed E-state index contributed by atoms with van der Waals surface area (Å²) in [6, 6.07) is 3.11. The molecule has 1 aromatic carbocycles. The fourth-order valence-corrected chi connectivity index (χ4v) is 4.67. The fourth-order valence-electron chi connectivity index (χ4n) is 4.67. The highest BCUT2D eigenvalue weighted by atomic mass is 19.1. The van der Waals surface area contributed by atoms with E-state index in [4.69, 9.17) is 23.7 Å². The molecule has 0 spiro atoms. The molecule has 0 radical (unpaired) electrons. The molecule has 0 aliphatic carbocycles. The van der Waals surface area contributed by atoms with Gasteiger partial charge in [-0.2, -0.15) is 0 Å². The van der Waals surface area contributed by atoms with Gasteiger partial charge < -0.3 is 39.2 Å². The summed E-state index contributed by atoms with van der Waals surface area (Å²) in [5.41, 5.74) is 0.635. The first-order valence-corrected chi connectivity index (χ1v) is 12.7. The molecule has 1 aromatic rings. The highest BCUT2D eigenvalue weighted by molar-refractivity contribution is 5.86. The van der Waals surface area contributed by atoms with Gasteiger partial charge in [-0.3, -0.25) is 4.79 Å². The molecule has 1 amide bonds. The Labute approximate surface area is 213 Å². The van der Waals surface area contributed by atoms with Gasteiger partial charge >= 0.3 is 0 Å². The van der Waals surface area contributed by atoms with Gasteiger partial charge in [-0.15, -0.1) is 0 Å². The van der Waals surface area contributed by atoms with Gasteiger partial charge in [-0.1, -0.05) is 6.58 Å². The van der Waals surface area contributed by atoms with E-state index in [1.165, 1.54) is 12.1 Å². The lowest BCUT2D eigenvalue weighted by atomic mass is 9.85. The van der Waals surface area contributed by atoms with Gasteiger partial charge in [0.25, 0.3) is 0 Å². The molecule has 1 fully saturated rings. The molecule has 10 heteroatoms. The third-order valence-electron chi connectivity index (χ3n) is 6.22. The Hall–Kier alpha value is -2.24. The van der Waals surface area contributed by atoms with Crippen LogP contribution in [-0.4, -0.2) is 97.0 Å². The first-order chi connectivity index (χ1) is 17.6. The molecule has 0 saturated carbocycles. The largest absolute Gasteiger partial charge is 0.454 e. The summed E-state index contributed by atoms with van der Waals surface area (Å²) in [6.45, 7) is 10.7. The number of ether oxygens (including phenoxy) is 5. The quantitative estimate of drug-likeness (QED) is 0.242. The molecule has 2 N–H and O–H groups in total. The van der Waals surface area contributed by atoms with E-state index in [1.807, 2.05) is 0 Å². The number of amides is 1. The summed E-state index contributed by atoms with van der Waals surface area (Å²) in [5.74, 6) is 1.65. The van der Waals surface area contributed by atoms with Crippen molar-refractivity contribution in [2.45, 2.75) is 12.8 Å². The third kappa shape index (κ3) is 9.67. The van der Waals surface area contributed by atoms with Crippen LogP contribution in [0, 0.1) is 17.7 Å². The summed E-state index contributed by atoms with van der Waals surface area (Å²) in [4.78, 5) is 13.3. The van der Waals surface area contributed by atoms with Crippen LogP contribution in [0.5, 0.6) is 11.5 Å². The normalized spacial score (nSPS) is 19.4. The van der Waals surface area contributed by atoms with Crippen molar-refractivity contribution in [3.05, 3.63) is 36.2 Å². The second kappa shape index (κ2) is 15.8. The number of halogens is 1. The number of fused-ring (bicyclic) bond motifs is 1. The molecule has 1 saturated heterocycles. The van der Waals surface area contributed by atoms with Gasteiger partial charge in [0.1, 0.15) is 5.82 Å². The number of carbonyl (C=O) groups is 1. The number of likely N-dealkylation sites (tertiary alicyclic amines) is 1. The lowest BCUT2D eigenvalue weighted by molar-refractivity contribution is -0.116. The molecule has 0 unspecified atom stereocenters. The highest BCUT2D eigenvalue weighted by Crippen LogP contribution is 2.39.